The Kier molecular flexibility index (Phi) is 6.57. The second kappa shape index (κ2) is 8.87. The minimum atomic E-state index is -0.678. The number of anilines is 1. The van der Waals surface area contributed by atoms with Gasteiger partial charge in [0.2, 0.25) is 5.91 Å². The Morgan fingerprint density at radius 3 is 2.28 bits per heavy atom. The van der Waals surface area contributed by atoms with Crippen LogP contribution in [0.3, 0.4) is 0 Å². The number of hydrogen-bond acceptors (Lipinski definition) is 3. The summed E-state index contributed by atoms with van der Waals surface area (Å²) in [6, 6.07) is 16.2. The second-order valence-corrected chi connectivity index (χ2v) is 6.23. The third-order valence-corrected chi connectivity index (χ3v) is 3.84. The fourth-order valence-electron chi connectivity index (χ4n) is 2.35. The van der Waals surface area contributed by atoms with Gasteiger partial charge < -0.3 is 15.4 Å². The van der Waals surface area contributed by atoms with Crippen molar-refractivity contribution in [3.05, 3.63) is 65.7 Å². The van der Waals surface area contributed by atoms with Gasteiger partial charge in [0.05, 0.1) is 0 Å². The van der Waals surface area contributed by atoms with Gasteiger partial charge in [-0.1, -0.05) is 62.4 Å². The van der Waals surface area contributed by atoms with E-state index in [0.717, 1.165) is 16.8 Å². The molecular weight excluding hydrogens is 316 g/mol. The molecule has 2 aromatic carbocycles. The van der Waals surface area contributed by atoms with E-state index >= 15 is 0 Å². The first-order chi connectivity index (χ1) is 12.0. The van der Waals surface area contributed by atoms with Crippen LogP contribution < -0.4 is 10.6 Å². The average Bonchev–Trinajstić information content (AvgIpc) is 2.60. The summed E-state index contributed by atoms with van der Waals surface area (Å²) in [6.07, 6.45) is -0.609. The van der Waals surface area contributed by atoms with E-state index in [4.69, 9.17) is 4.74 Å². The van der Waals surface area contributed by atoms with E-state index in [1.54, 1.807) is 0 Å². The highest BCUT2D eigenvalue weighted by Crippen LogP contribution is 2.15. The van der Waals surface area contributed by atoms with Crippen LogP contribution in [0.15, 0.2) is 54.6 Å². The molecule has 5 nitrogen and oxygen atoms in total. The number of ether oxygens (including phenoxy) is 1. The molecule has 0 aliphatic carbocycles. The normalized spacial score (nSPS) is 11.7. The van der Waals surface area contributed by atoms with E-state index in [1.807, 2.05) is 75.4 Å². The largest absolute Gasteiger partial charge is 0.445 e. The van der Waals surface area contributed by atoms with Gasteiger partial charge in [-0.05, 0) is 30.0 Å². The van der Waals surface area contributed by atoms with E-state index in [2.05, 4.69) is 10.6 Å². The van der Waals surface area contributed by atoms with Crippen molar-refractivity contribution < 1.29 is 14.3 Å². The van der Waals surface area contributed by atoms with Crippen LogP contribution in [0.5, 0.6) is 0 Å². The Hall–Kier alpha value is -2.82. The molecule has 0 aliphatic heterocycles. The summed E-state index contributed by atoms with van der Waals surface area (Å²) in [5.41, 5.74) is 2.59. The Balaban J connectivity index is 1.94. The van der Waals surface area contributed by atoms with Gasteiger partial charge >= 0.3 is 6.09 Å². The molecule has 0 saturated heterocycles. The lowest BCUT2D eigenvalue weighted by Crippen LogP contribution is -2.47. The number of para-hydroxylation sites is 1. The van der Waals surface area contributed by atoms with Crippen molar-refractivity contribution in [2.75, 3.05) is 5.32 Å². The van der Waals surface area contributed by atoms with Crippen molar-refractivity contribution in [3.63, 3.8) is 0 Å². The summed E-state index contributed by atoms with van der Waals surface area (Å²) in [6.45, 7) is 5.83. The van der Waals surface area contributed by atoms with Crippen LogP contribution in [-0.4, -0.2) is 18.0 Å². The van der Waals surface area contributed by atoms with Crippen LogP contribution in [0.4, 0.5) is 10.5 Å². The molecule has 0 aliphatic rings. The number of nitrogens with one attached hydrogen (secondary N) is 2. The van der Waals surface area contributed by atoms with Gasteiger partial charge in [-0.15, -0.1) is 0 Å². The van der Waals surface area contributed by atoms with Gasteiger partial charge in [0.1, 0.15) is 12.6 Å². The molecule has 2 amide bonds. The number of aryl methyl sites for hydroxylation is 1. The predicted octanol–water partition coefficient (Wildman–Crippen LogP) is 3.88. The van der Waals surface area contributed by atoms with Gasteiger partial charge in [-0.2, -0.15) is 0 Å². The smallest absolute Gasteiger partial charge is 0.408 e. The summed E-state index contributed by atoms with van der Waals surface area (Å²) >= 11 is 0. The Labute approximate surface area is 148 Å². The maximum atomic E-state index is 12.5. The van der Waals surface area contributed by atoms with Gasteiger partial charge in [0.15, 0.2) is 0 Å². The molecule has 0 spiro atoms. The molecule has 2 rings (SSSR count). The maximum absolute atomic E-state index is 12.5. The Morgan fingerprint density at radius 2 is 1.64 bits per heavy atom. The van der Waals surface area contributed by atoms with Crippen molar-refractivity contribution in [1.29, 1.82) is 0 Å². The van der Waals surface area contributed by atoms with Crippen LogP contribution in [0.2, 0.25) is 0 Å². The van der Waals surface area contributed by atoms with Gasteiger partial charge in [-0.25, -0.2) is 4.79 Å². The Bertz CT molecular complexity index is 714. The molecule has 5 heteroatoms. The summed E-state index contributed by atoms with van der Waals surface area (Å²) in [4.78, 5) is 24.6. The predicted molar refractivity (Wildman–Crippen MR) is 98.2 cm³/mol. The van der Waals surface area contributed by atoms with Crippen molar-refractivity contribution in [3.8, 4) is 0 Å². The molecule has 2 aromatic rings. The monoisotopic (exact) mass is 340 g/mol. The molecule has 0 bridgehead atoms. The third kappa shape index (κ3) is 5.64. The van der Waals surface area contributed by atoms with Crippen LogP contribution >= 0.6 is 0 Å². The van der Waals surface area contributed by atoms with Crippen molar-refractivity contribution in [2.24, 2.45) is 5.92 Å². The third-order valence-electron chi connectivity index (χ3n) is 3.84. The van der Waals surface area contributed by atoms with Crippen molar-refractivity contribution >= 4 is 17.7 Å². The van der Waals surface area contributed by atoms with E-state index < -0.39 is 12.1 Å². The standard InChI is InChI=1S/C20H24N2O3/c1-14(2)18(19(23)21-17-12-8-7-9-15(17)3)22-20(24)25-13-16-10-5-4-6-11-16/h4-12,14,18H,13H2,1-3H3,(H,21,23)(H,22,24). The number of amides is 2. The molecule has 0 saturated carbocycles. The zero-order valence-electron chi connectivity index (χ0n) is 14.8. The molecule has 0 fully saturated rings. The fraction of sp³-hybridized carbons (Fsp3) is 0.300. The summed E-state index contributed by atoms with van der Waals surface area (Å²) in [5, 5.41) is 5.51. The van der Waals surface area contributed by atoms with Gasteiger partial charge in [-0.3, -0.25) is 4.79 Å². The number of rotatable bonds is 6. The van der Waals surface area contributed by atoms with Crippen LogP contribution in [0.1, 0.15) is 25.0 Å². The number of carbonyl (C=O) groups is 2. The minimum absolute atomic E-state index is 0.0757. The van der Waals surface area contributed by atoms with E-state index in [1.165, 1.54) is 0 Å². The quantitative estimate of drug-likeness (QED) is 0.838. The van der Waals surface area contributed by atoms with Crippen LogP contribution in [0, 0.1) is 12.8 Å². The lowest BCUT2D eigenvalue weighted by atomic mass is 10.0. The molecule has 0 heterocycles. The fourth-order valence-corrected chi connectivity index (χ4v) is 2.35. The van der Waals surface area contributed by atoms with Crippen LogP contribution in [-0.2, 0) is 16.1 Å². The maximum Gasteiger partial charge on any atom is 0.408 e. The molecule has 25 heavy (non-hydrogen) atoms. The highest BCUT2D eigenvalue weighted by molar-refractivity contribution is 5.97. The number of benzene rings is 2. The van der Waals surface area contributed by atoms with Crippen molar-refractivity contribution in [2.45, 2.75) is 33.4 Å². The molecule has 1 atom stereocenters. The molecular formula is C20H24N2O3. The molecule has 132 valence electrons. The first kappa shape index (κ1) is 18.5. The first-order valence-corrected chi connectivity index (χ1v) is 8.31. The Morgan fingerprint density at radius 1 is 1.00 bits per heavy atom. The van der Waals surface area contributed by atoms with Crippen LogP contribution in [0.25, 0.3) is 0 Å². The summed E-state index contributed by atoms with van der Waals surface area (Å²) < 4.78 is 5.20. The van der Waals surface area contributed by atoms with Gasteiger partial charge in [0.25, 0.3) is 0 Å². The minimum Gasteiger partial charge on any atom is -0.445 e. The highest BCUT2D eigenvalue weighted by Gasteiger charge is 2.25. The number of hydrogen-bond donors (Lipinski definition) is 2. The van der Waals surface area contributed by atoms with Gasteiger partial charge in [0, 0.05) is 5.69 Å². The zero-order valence-corrected chi connectivity index (χ0v) is 14.8. The number of carbonyl (C=O) groups excluding carboxylic acids is 2. The number of alkyl carbamates (subject to hydrolysis) is 1. The van der Waals surface area contributed by atoms with E-state index in [9.17, 15) is 9.59 Å². The summed E-state index contributed by atoms with van der Waals surface area (Å²) in [5.74, 6) is -0.339. The van der Waals surface area contributed by atoms with Crippen molar-refractivity contribution in [1.82, 2.24) is 5.32 Å². The van der Waals surface area contributed by atoms with E-state index in [-0.39, 0.29) is 18.4 Å². The molecule has 1 unspecified atom stereocenters. The zero-order chi connectivity index (χ0) is 18.2. The second-order valence-electron chi connectivity index (χ2n) is 6.23. The lowest BCUT2D eigenvalue weighted by molar-refractivity contribution is -0.119. The SMILES string of the molecule is Cc1ccccc1NC(=O)C(NC(=O)OCc1ccccc1)C(C)C. The topological polar surface area (TPSA) is 67.4 Å². The van der Waals surface area contributed by atoms with E-state index in [0.29, 0.717) is 0 Å². The first-order valence-electron chi connectivity index (χ1n) is 8.31. The lowest BCUT2D eigenvalue weighted by Gasteiger charge is -2.22. The summed E-state index contributed by atoms with van der Waals surface area (Å²) in [7, 11) is 0. The highest BCUT2D eigenvalue weighted by atomic mass is 16.5. The average molecular weight is 340 g/mol. The molecule has 2 N–H and O–H groups in total. The molecule has 0 aromatic heterocycles. The molecule has 0 radical (unpaired) electrons.